The summed E-state index contributed by atoms with van der Waals surface area (Å²) < 4.78 is 0. The number of fused-ring (bicyclic) bond motifs is 1. The van der Waals surface area contributed by atoms with Crippen molar-refractivity contribution in [1.82, 2.24) is 0 Å². The minimum Gasteiger partial charge on any atom is -0.399 e. The monoisotopic (exact) mass is 202 g/mol. The van der Waals surface area contributed by atoms with Crippen molar-refractivity contribution in [3.63, 3.8) is 0 Å². The average molecular weight is 202 g/mol. The molecule has 2 nitrogen and oxygen atoms in total. The third kappa shape index (κ3) is 1.58. The molecule has 0 bridgehead atoms. The lowest BCUT2D eigenvalue weighted by atomic mass is 10.0. The Morgan fingerprint density at radius 1 is 1.00 bits per heavy atom. The average Bonchev–Trinajstić information content (AvgIpc) is 2.78. The number of hydrogen-bond donors (Lipinski definition) is 1. The Morgan fingerprint density at radius 2 is 1.60 bits per heavy atom. The minimum absolute atomic E-state index is 0.859. The van der Waals surface area contributed by atoms with Crippen molar-refractivity contribution in [3.8, 4) is 0 Å². The van der Waals surface area contributed by atoms with Crippen LogP contribution in [-0.4, -0.2) is 13.1 Å². The largest absolute Gasteiger partial charge is 0.399 e. The maximum Gasteiger partial charge on any atom is 0.0367 e. The molecule has 0 aromatic heterocycles. The molecule has 1 aliphatic carbocycles. The summed E-state index contributed by atoms with van der Waals surface area (Å²) in [6, 6.07) is 8.31. The highest BCUT2D eigenvalue weighted by Crippen LogP contribution is 2.39. The molecule has 1 saturated carbocycles. The molecule has 2 atom stereocenters. The fourth-order valence-electron chi connectivity index (χ4n) is 3.13. The van der Waals surface area contributed by atoms with E-state index in [0.29, 0.717) is 0 Å². The number of nitrogens with two attached hydrogens (primary N) is 1. The van der Waals surface area contributed by atoms with E-state index in [4.69, 9.17) is 5.73 Å². The van der Waals surface area contributed by atoms with Crippen LogP contribution in [0.15, 0.2) is 24.3 Å². The lowest BCUT2D eigenvalue weighted by Gasteiger charge is -2.19. The highest BCUT2D eigenvalue weighted by atomic mass is 15.2. The van der Waals surface area contributed by atoms with E-state index in [1.54, 1.807) is 0 Å². The Kier molecular flexibility index (Phi) is 2.08. The summed E-state index contributed by atoms with van der Waals surface area (Å²) in [7, 11) is 0. The number of benzene rings is 1. The second kappa shape index (κ2) is 3.44. The van der Waals surface area contributed by atoms with Crippen LogP contribution in [0.1, 0.15) is 19.3 Å². The van der Waals surface area contributed by atoms with Crippen molar-refractivity contribution in [1.29, 1.82) is 0 Å². The SMILES string of the molecule is Nc1ccc(N2C[C@H]3CCC[C@H]3C2)cc1. The summed E-state index contributed by atoms with van der Waals surface area (Å²) >= 11 is 0. The first-order chi connectivity index (χ1) is 7.33. The van der Waals surface area contributed by atoms with E-state index in [1.165, 1.54) is 38.0 Å². The van der Waals surface area contributed by atoms with Crippen LogP contribution in [-0.2, 0) is 0 Å². The fourth-order valence-corrected chi connectivity index (χ4v) is 3.13. The summed E-state index contributed by atoms with van der Waals surface area (Å²) in [5.74, 6) is 1.92. The van der Waals surface area contributed by atoms with Crippen LogP contribution in [0.4, 0.5) is 11.4 Å². The van der Waals surface area contributed by atoms with Gasteiger partial charge in [0.2, 0.25) is 0 Å². The Morgan fingerprint density at radius 3 is 2.20 bits per heavy atom. The van der Waals surface area contributed by atoms with Gasteiger partial charge in [-0.3, -0.25) is 0 Å². The lowest BCUT2D eigenvalue weighted by molar-refractivity contribution is 0.494. The van der Waals surface area contributed by atoms with Crippen molar-refractivity contribution in [2.75, 3.05) is 23.7 Å². The van der Waals surface area contributed by atoms with Gasteiger partial charge < -0.3 is 10.6 Å². The molecule has 3 rings (SSSR count). The normalized spacial score (nSPS) is 29.5. The Balaban J connectivity index is 1.76. The van der Waals surface area contributed by atoms with Gasteiger partial charge in [-0.05, 0) is 48.9 Å². The first kappa shape index (κ1) is 9.08. The molecule has 2 N–H and O–H groups in total. The third-order valence-electron chi connectivity index (χ3n) is 3.98. The van der Waals surface area contributed by atoms with Gasteiger partial charge in [0.1, 0.15) is 0 Å². The van der Waals surface area contributed by atoms with Crippen molar-refractivity contribution < 1.29 is 0 Å². The van der Waals surface area contributed by atoms with Gasteiger partial charge in [-0.15, -0.1) is 0 Å². The molecule has 1 aliphatic heterocycles. The molecule has 15 heavy (non-hydrogen) atoms. The highest BCUT2D eigenvalue weighted by molar-refractivity contribution is 5.53. The van der Waals surface area contributed by atoms with Gasteiger partial charge in [0.05, 0.1) is 0 Å². The second-order valence-electron chi connectivity index (χ2n) is 4.95. The first-order valence-corrected chi connectivity index (χ1v) is 5.93. The standard InChI is InChI=1S/C13H18N2/c14-12-4-6-13(7-5-12)15-8-10-2-1-3-11(10)9-15/h4-7,10-11H,1-3,8-9,14H2/t10-,11+. The van der Waals surface area contributed by atoms with Crippen LogP contribution >= 0.6 is 0 Å². The van der Waals surface area contributed by atoms with Gasteiger partial charge in [0, 0.05) is 24.5 Å². The molecule has 0 amide bonds. The number of anilines is 2. The molecular formula is C13H18N2. The smallest absolute Gasteiger partial charge is 0.0367 e. The molecule has 1 heterocycles. The summed E-state index contributed by atoms with van der Waals surface area (Å²) in [6.07, 6.45) is 4.33. The Hall–Kier alpha value is -1.18. The maximum atomic E-state index is 5.70. The zero-order valence-corrected chi connectivity index (χ0v) is 9.02. The van der Waals surface area contributed by atoms with E-state index < -0.39 is 0 Å². The van der Waals surface area contributed by atoms with Crippen LogP contribution in [0.3, 0.4) is 0 Å². The lowest BCUT2D eigenvalue weighted by Crippen LogP contribution is -2.20. The van der Waals surface area contributed by atoms with Crippen molar-refractivity contribution in [3.05, 3.63) is 24.3 Å². The second-order valence-corrected chi connectivity index (χ2v) is 4.95. The molecule has 2 fully saturated rings. The summed E-state index contributed by atoms with van der Waals surface area (Å²) in [4.78, 5) is 2.52. The van der Waals surface area contributed by atoms with Gasteiger partial charge in [0.15, 0.2) is 0 Å². The molecule has 2 heteroatoms. The van der Waals surface area contributed by atoms with Gasteiger partial charge in [0.25, 0.3) is 0 Å². The van der Waals surface area contributed by atoms with Crippen LogP contribution < -0.4 is 10.6 Å². The third-order valence-corrected chi connectivity index (χ3v) is 3.98. The zero-order valence-electron chi connectivity index (χ0n) is 9.02. The van der Waals surface area contributed by atoms with Crippen LogP contribution in [0.2, 0.25) is 0 Å². The molecule has 0 radical (unpaired) electrons. The van der Waals surface area contributed by atoms with E-state index in [9.17, 15) is 0 Å². The summed E-state index contributed by atoms with van der Waals surface area (Å²) in [6.45, 7) is 2.52. The van der Waals surface area contributed by atoms with Gasteiger partial charge in [-0.25, -0.2) is 0 Å². The van der Waals surface area contributed by atoms with E-state index in [0.717, 1.165) is 17.5 Å². The molecule has 0 unspecified atom stereocenters. The maximum absolute atomic E-state index is 5.70. The molecular weight excluding hydrogens is 184 g/mol. The van der Waals surface area contributed by atoms with E-state index in [1.807, 2.05) is 12.1 Å². The summed E-state index contributed by atoms with van der Waals surface area (Å²) in [5, 5.41) is 0. The quantitative estimate of drug-likeness (QED) is 0.709. The topological polar surface area (TPSA) is 29.3 Å². The van der Waals surface area contributed by atoms with Crippen molar-refractivity contribution in [2.24, 2.45) is 11.8 Å². The number of hydrogen-bond acceptors (Lipinski definition) is 2. The Bertz CT molecular complexity index is 332. The van der Waals surface area contributed by atoms with Crippen LogP contribution in [0.25, 0.3) is 0 Å². The minimum atomic E-state index is 0.859. The fraction of sp³-hybridized carbons (Fsp3) is 0.538. The zero-order chi connectivity index (χ0) is 10.3. The van der Waals surface area contributed by atoms with Gasteiger partial charge in [-0.2, -0.15) is 0 Å². The summed E-state index contributed by atoms with van der Waals surface area (Å²) in [5.41, 5.74) is 7.90. The molecule has 0 spiro atoms. The molecule has 1 saturated heterocycles. The number of rotatable bonds is 1. The number of nitrogens with zero attached hydrogens (tertiary/aromatic N) is 1. The molecule has 1 aromatic carbocycles. The van der Waals surface area contributed by atoms with Gasteiger partial charge >= 0.3 is 0 Å². The van der Waals surface area contributed by atoms with Gasteiger partial charge in [-0.1, -0.05) is 6.42 Å². The van der Waals surface area contributed by atoms with E-state index >= 15 is 0 Å². The predicted molar refractivity (Wildman–Crippen MR) is 63.9 cm³/mol. The number of nitrogen functional groups attached to an aromatic ring is 1. The van der Waals surface area contributed by atoms with Crippen LogP contribution in [0.5, 0.6) is 0 Å². The molecule has 80 valence electrons. The van der Waals surface area contributed by atoms with Crippen LogP contribution in [0, 0.1) is 11.8 Å². The van der Waals surface area contributed by atoms with Crippen molar-refractivity contribution in [2.45, 2.75) is 19.3 Å². The molecule has 2 aliphatic rings. The Labute approximate surface area is 91.1 Å². The highest BCUT2D eigenvalue weighted by Gasteiger charge is 2.35. The van der Waals surface area contributed by atoms with E-state index in [-0.39, 0.29) is 0 Å². The predicted octanol–water partition coefficient (Wildman–Crippen LogP) is 2.51. The van der Waals surface area contributed by atoms with E-state index in [2.05, 4.69) is 17.0 Å². The van der Waals surface area contributed by atoms with Crippen molar-refractivity contribution >= 4 is 11.4 Å². The molecule has 1 aromatic rings. The first-order valence-electron chi connectivity index (χ1n) is 5.93.